The molecule has 3 nitrogen and oxygen atoms in total. The fourth-order valence-corrected chi connectivity index (χ4v) is 4.20. The fraction of sp³-hybridized carbons (Fsp3) is 1.00. The number of ether oxygens (including phenoxy) is 1. The van der Waals surface area contributed by atoms with Crippen LogP contribution in [0.25, 0.3) is 0 Å². The third kappa shape index (κ3) is 3.96. The van der Waals surface area contributed by atoms with Gasteiger partial charge in [0.1, 0.15) is 0 Å². The van der Waals surface area contributed by atoms with Gasteiger partial charge in [0, 0.05) is 18.2 Å². The van der Waals surface area contributed by atoms with Gasteiger partial charge in [0.25, 0.3) is 0 Å². The summed E-state index contributed by atoms with van der Waals surface area (Å²) in [7, 11) is 4.45. The second-order valence-corrected chi connectivity index (χ2v) is 7.08. The van der Waals surface area contributed by atoms with Crippen LogP contribution in [0.3, 0.4) is 0 Å². The van der Waals surface area contributed by atoms with Crippen LogP contribution in [-0.4, -0.2) is 43.3 Å². The molecule has 118 valence electrons. The lowest BCUT2D eigenvalue weighted by Gasteiger charge is -2.44. The Balaban J connectivity index is 1.83. The Morgan fingerprint density at radius 1 is 1.15 bits per heavy atom. The second-order valence-electron chi connectivity index (χ2n) is 7.08. The van der Waals surface area contributed by atoms with E-state index in [1.807, 2.05) is 0 Å². The Hall–Kier alpha value is -0.120. The van der Waals surface area contributed by atoms with Gasteiger partial charge in [-0.05, 0) is 59.0 Å². The summed E-state index contributed by atoms with van der Waals surface area (Å²) in [4.78, 5) is 2.43. The van der Waals surface area contributed by atoms with Crippen molar-refractivity contribution in [2.45, 2.75) is 88.3 Å². The SMILES string of the molecule is CN(C)C1(C(N)CCCC2CCCO2)CCCCCC1. The lowest BCUT2D eigenvalue weighted by atomic mass is 9.79. The molecule has 1 saturated heterocycles. The highest BCUT2D eigenvalue weighted by atomic mass is 16.5. The Labute approximate surface area is 125 Å². The Morgan fingerprint density at radius 2 is 1.85 bits per heavy atom. The molecule has 0 radical (unpaired) electrons. The molecule has 0 spiro atoms. The quantitative estimate of drug-likeness (QED) is 0.760. The molecule has 1 saturated carbocycles. The number of rotatable bonds is 6. The first kappa shape index (κ1) is 16.3. The molecule has 2 aliphatic rings. The maximum absolute atomic E-state index is 6.66. The van der Waals surface area contributed by atoms with E-state index in [1.165, 1.54) is 64.2 Å². The van der Waals surface area contributed by atoms with Crippen molar-refractivity contribution in [1.82, 2.24) is 4.90 Å². The Bertz CT molecular complexity index is 266. The topological polar surface area (TPSA) is 38.5 Å². The summed E-state index contributed by atoms with van der Waals surface area (Å²) in [6.07, 6.45) is 14.6. The van der Waals surface area contributed by atoms with E-state index < -0.39 is 0 Å². The smallest absolute Gasteiger partial charge is 0.0576 e. The molecule has 3 heteroatoms. The van der Waals surface area contributed by atoms with Gasteiger partial charge in [0.05, 0.1) is 6.10 Å². The van der Waals surface area contributed by atoms with E-state index in [1.54, 1.807) is 0 Å². The average molecular weight is 282 g/mol. The first-order valence-electron chi connectivity index (χ1n) is 8.70. The van der Waals surface area contributed by atoms with Gasteiger partial charge in [0.15, 0.2) is 0 Å². The summed E-state index contributed by atoms with van der Waals surface area (Å²) in [5.74, 6) is 0. The maximum atomic E-state index is 6.66. The molecule has 1 aliphatic carbocycles. The molecule has 1 aliphatic heterocycles. The van der Waals surface area contributed by atoms with E-state index in [-0.39, 0.29) is 5.54 Å². The molecule has 2 unspecified atom stereocenters. The van der Waals surface area contributed by atoms with Gasteiger partial charge in [-0.3, -0.25) is 0 Å². The van der Waals surface area contributed by atoms with Crippen molar-refractivity contribution >= 4 is 0 Å². The largest absolute Gasteiger partial charge is 0.378 e. The molecule has 1 heterocycles. The summed E-state index contributed by atoms with van der Waals surface area (Å²) < 4.78 is 5.72. The molecular formula is C17H34N2O. The van der Waals surface area contributed by atoms with Gasteiger partial charge < -0.3 is 15.4 Å². The lowest BCUT2D eigenvalue weighted by molar-refractivity contribution is 0.0814. The van der Waals surface area contributed by atoms with Gasteiger partial charge in [0.2, 0.25) is 0 Å². The molecule has 2 rings (SSSR count). The summed E-state index contributed by atoms with van der Waals surface area (Å²) in [5, 5.41) is 0. The number of nitrogens with zero attached hydrogens (tertiary/aromatic N) is 1. The minimum atomic E-state index is 0.243. The Kier molecular flexibility index (Phi) is 6.31. The predicted molar refractivity (Wildman–Crippen MR) is 84.9 cm³/mol. The van der Waals surface area contributed by atoms with E-state index in [9.17, 15) is 0 Å². The highest BCUT2D eigenvalue weighted by Crippen LogP contribution is 2.35. The van der Waals surface area contributed by atoms with Crippen LogP contribution >= 0.6 is 0 Å². The number of nitrogens with two attached hydrogens (primary N) is 1. The third-order valence-electron chi connectivity index (χ3n) is 5.62. The zero-order valence-electron chi connectivity index (χ0n) is 13.6. The van der Waals surface area contributed by atoms with Crippen molar-refractivity contribution in [3.8, 4) is 0 Å². The zero-order chi connectivity index (χ0) is 14.4. The van der Waals surface area contributed by atoms with Crippen molar-refractivity contribution in [3.63, 3.8) is 0 Å². The number of likely N-dealkylation sites (N-methyl/N-ethyl adjacent to an activating group) is 1. The second kappa shape index (κ2) is 7.77. The number of hydrogen-bond donors (Lipinski definition) is 1. The molecule has 0 aromatic rings. The van der Waals surface area contributed by atoms with Gasteiger partial charge in [-0.15, -0.1) is 0 Å². The third-order valence-corrected chi connectivity index (χ3v) is 5.62. The van der Waals surface area contributed by atoms with E-state index in [4.69, 9.17) is 10.5 Å². The van der Waals surface area contributed by atoms with Crippen LogP contribution in [0.1, 0.15) is 70.6 Å². The van der Waals surface area contributed by atoms with E-state index in [0.717, 1.165) is 13.0 Å². The molecule has 2 N–H and O–H groups in total. The lowest BCUT2D eigenvalue weighted by Crippen LogP contribution is -2.57. The minimum Gasteiger partial charge on any atom is -0.378 e. The highest BCUT2D eigenvalue weighted by molar-refractivity contribution is 4.98. The molecule has 2 atom stereocenters. The summed E-state index contributed by atoms with van der Waals surface area (Å²) >= 11 is 0. The monoisotopic (exact) mass is 282 g/mol. The summed E-state index contributed by atoms with van der Waals surface area (Å²) in [5.41, 5.74) is 6.90. The normalized spacial score (nSPS) is 28.5. The molecule has 2 fully saturated rings. The van der Waals surface area contributed by atoms with Crippen LogP contribution in [0.2, 0.25) is 0 Å². The van der Waals surface area contributed by atoms with Crippen LogP contribution < -0.4 is 5.73 Å². The van der Waals surface area contributed by atoms with Crippen LogP contribution in [0.15, 0.2) is 0 Å². The van der Waals surface area contributed by atoms with E-state index in [0.29, 0.717) is 12.1 Å². The van der Waals surface area contributed by atoms with E-state index >= 15 is 0 Å². The minimum absolute atomic E-state index is 0.243. The van der Waals surface area contributed by atoms with Crippen LogP contribution in [0.4, 0.5) is 0 Å². The van der Waals surface area contributed by atoms with Gasteiger partial charge in [-0.25, -0.2) is 0 Å². The maximum Gasteiger partial charge on any atom is 0.0576 e. The van der Waals surface area contributed by atoms with Crippen molar-refractivity contribution in [2.24, 2.45) is 5.73 Å². The molecule has 0 aromatic carbocycles. The Morgan fingerprint density at radius 3 is 2.40 bits per heavy atom. The number of hydrogen-bond acceptors (Lipinski definition) is 3. The van der Waals surface area contributed by atoms with Gasteiger partial charge in [-0.2, -0.15) is 0 Å². The molecule has 20 heavy (non-hydrogen) atoms. The first-order valence-corrected chi connectivity index (χ1v) is 8.70. The van der Waals surface area contributed by atoms with Crippen LogP contribution in [-0.2, 0) is 4.74 Å². The van der Waals surface area contributed by atoms with Gasteiger partial charge in [-0.1, -0.05) is 25.7 Å². The van der Waals surface area contributed by atoms with Gasteiger partial charge >= 0.3 is 0 Å². The van der Waals surface area contributed by atoms with Crippen molar-refractivity contribution in [3.05, 3.63) is 0 Å². The van der Waals surface area contributed by atoms with Crippen LogP contribution in [0.5, 0.6) is 0 Å². The highest BCUT2D eigenvalue weighted by Gasteiger charge is 2.38. The first-order chi connectivity index (χ1) is 9.65. The molecule has 0 amide bonds. The fourth-order valence-electron chi connectivity index (χ4n) is 4.20. The average Bonchev–Trinajstić information content (AvgIpc) is 2.80. The zero-order valence-corrected chi connectivity index (χ0v) is 13.6. The van der Waals surface area contributed by atoms with Crippen molar-refractivity contribution in [1.29, 1.82) is 0 Å². The molecular weight excluding hydrogens is 248 g/mol. The van der Waals surface area contributed by atoms with E-state index in [2.05, 4.69) is 19.0 Å². The standard InChI is InChI=1S/C17H34N2O/c1-19(2)17(12-5-3-4-6-13-17)16(18)11-7-9-15-10-8-14-20-15/h15-16H,3-14,18H2,1-2H3. The predicted octanol–water partition coefficient (Wildman–Crippen LogP) is 3.32. The molecule has 0 aromatic heterocycles. The summed E-state index contributed by atoms with van der Waals surface area (Å²) in [6, 6.07) is 0.317. The summed E-state index contributed by atoms with van der Waals surface area (Å²) in [6.45, 7) is 0.971. The van der Waals surface area contributed by atoms with Crippen LogP contribution in [0, 0.1) is 0 Å². The van der Waals surface area contributed by atoms with Crippen molar-refractivity contribution in [2.75, 3.05) is 20.7 Å². The van der Waals surface area contributed by atoms with Crippen molar-refractivity contribution < 1.29 is 4.74 Å². The molecule has 0 bridgehead atoms.